The van der Waals surface area contributed by atoms with Gasteiger partial charge in [0, 0.05) is 0 Å². The first-order valence-corrected chi connectivity index (χ1v) is 10.7. The second kappa shape index (κ2) is 9.74. The zero-order valence-corrected chi connectivity index (χ0v) is 18.7. The Bertz CT molecular complexity index is 1170. The fraction of sp³-hybridized carbons (Fsp3) is 0.364. The van der Waals surface area contributed by atoms with E-state index in [0.717, 1.165) is 17.8 Å². The van der Waals surface area contributed by atoms with Crippen molar-refractivity contribution in [2.75, 3.05) is 19.0 Å². The number of methoxy groups -OCH3 is 1. The molecule has 0 saturated heterocycles. The molecule has 2 heterocycles. The van der Waals surface area contributed by atoms with Crippen LogP contribution in [0.2, 0.25) is 0 Å². The van der Waals surface area contributed by atoms with E-state index in [0.29, 0.717) is 44.6 Å². The first kappa shape index (κ1) is 22.5. The fourth-order valence-corrected chi connectivity index (χ4v) is 4.04. The quantitative estimate of drug-likeness (QED) is 0.534. The zero-order chi connectivity index (χ0) is 22.5. The van der Waals surface area contributed by atoms with Gasteiger partial charge in [-0.05, 0) is 37.0 Å². The summed E-state index contributed by atoms with van der Waals surface area (Å²) in [5, 5.41) is 3.14. The standard InChI is InChI=1S/C22H25N3O5S/c1-13(2)9-10-30-17(26)11-25-12-23-21-18(22(25)28)14(3)19(31-21)20(27)24-15-7-5-6-8-16(15)29-4/h5-8,12-13H,9-11H2,1-4H3,(H,24,27). The van der Waals surface area contributed by atoms with Gasteiger partial charge in [0.2, 0.25) is 0 Å². The molecule has 0 aliphatic heterocycles. The van der Waals surface area contributed by atoms with E-state index in [2.05, 4.69) is 10.3 Å². The highest BCUT2D eigenvalue weighted by molar-refractivity contribution is 7.20. The molecule has 1 aromatic carbocycles. The molecule has 0 atom stereocenters. The summed E-state index contributed by atoms with van der Waals surface area (Å²) in [6, 6.07) is 7.07. The minimum Gasteiger partial charge on any atom is -0.495 e. The van der Waals surface area contributed by atoms with E-state index in [1.807, 2.05) is 13.8 Å². The first-order chi connectivity index (χ1) is 14.8. The van der Waals surface area contributed by atoms with Crippen LogP contribution in [0.3, 0.4) is 0 Å². The normalized spacial score (nSPS) is 11.0. The number of nitrogens with zero attached hydrogens (tertiary/aromatic N) is 2. The monoisotopic (exact) mass is 443 g/mol. The predicted octanol–water partition coefficient (Wildman–Crippen LogP) is 3.62. The highest BCUT2D eigenvalue weighted by Crippen LogP contribution is 2.29. The summed E-state index contributed by atoms with van der Waals surface area (Å²) in [5.41, 5.74) is 0.671. The molecule has 3 aromatic rings. The van der Waals surface area contributed by atoms with Crippen LogP contribution >= 0.6 is 11.3 Å². The van der Waals surface area contributed by atoms with Gasteiger partial charge >= 0.3 is 5.97 Å². The van der Waals surface area contributed by atoms with Gasteiger partial charge in [0.05, 0.1) is 36.0 Å². The number of esters is 1. The van der Waals surface area contributed by atoms with Gasteiger partial charge in [0.1, 0.15) is 17.1 Å². The van der Waals surface area contributed by atoms with E-state index in [1.165, 1.54) is 18.0 Å². The van der Waals surface area contributed by atoms with Crippen LogP contribution in [0.15, 0.2) is 35.4 Å². The molecule has 0 radical (unpaired) electrons. The number of para-hydroxylation sites is 2. The molecule has 0 unspecified atom stereocenters. The number of amides is 1. The van der Waals surface area contributed by atoms with Crippen LogP contribution in [0.4, 0.5) is 5.69 Å². The minimum absolute atomic E-state index is 0.224. The molecular formula is C22H25N3O5S. The number of benzene rings is 1. The summed E-state index contributed by atoms with van der Waals surface area (Å²) in [7, 11) is 1.52. The molecule has 164 valence electrons. The van der Waals surface area contributed by atoms with Crippen molar-refractivity contribution >= 4 is 39.1 Å². The number of carbonyl (C=O) groups excluding carboxylic acids is 2. The van der Waals surface area contributed by atoms with Gasteiger partial charge in [-0.25, -0.2) is 4.98 Å². The molecule has 0 spiro atoms. The summed E-state index contributed by atoms with van der Waals surface area (Å²) in [5.74, 6) is 0.100. The number of fused-ring (bicyclic) bond motifs is 1. The third-order valence-electron chi connectivity index (χ3n) is 4.74. The van der Waals surface area contributed by atoms with Gasteiger partial charge in [0.25, 0.3) is 11.5 Å². The molecular weight excluding hydrogens is 418 g/mol. The molecule has 3 rings (SSSR count). The Hall–Kier alpha value is -3.20. The Labute approximate surface area is 183 Å². The van der Waals surface area contributed by atoms with Crippen LogP contribution in [0.25, 0.3) is 10.2 Å². The number of thiophene rings is 1. The predicted molar refractivity (Wildman–Crippen MR) is 120 cm³/mol. The maximum atomic E-state index is 12.9. The number of hydrogen-bond acceptors (Lipinski definition) is 7. The van der Waals surface area contributed by atoms with Gasteiger partial charge in [-0.1, -0.05) is 26.0 Å². The number of aryl methyl sites for hydroxylation is 1. The lowest BCUT2D eigenvalue weighted by molar-refractivity contribution is -0.144. The molecule has 9 heteroatoms. The molecule has 1 amide bonds. The molecule has 1 N–H and O–H groups in total. The first-order valence-electron chi connectivity index (χ1n) is 9.90. The van der Waals surface area contributed by atoms with E-state index in [1.54, 1.807) is 31.2 Å². The lowest BCUT2D eigenvalue weighted by atomic mass is 10.1. The number of rotatable bonds is 8. The summed E-state index contributed by atoms with van der Waals surface area (Å²) in [6.07, 6.45) is 2.07. The minimum atomic E-state index is -0.495. The Morgan fingerprint density at radius 1 is 1.26 bits per heavy atom. The third kappa shape index (κ3) is 5.11. The van der Waals surface area contributed by atoms with Crippen LogP contribution in [-0.2, 0) is 16.1 Å². The maximum absolute atomic E-state index is 12.9. The number of anilines is 1. The number of carbonyl (C=O) groups is 2. The lowest BCUT2D eigenvalue weighted by Crippen LogP contribution is -2.26. The van der Waals surface area contributed by atoms with E-state index >= 15 is 0 Å². The maximum Gasteiger partial charge on any atom is 0.326 e. The SMILES string of the molecule is COc1ccccc1NC(=O)c1sc2ncn(CC(=O)OCCC(C)C)c(=O)c2c1C. The Kier molecular flexibility index (Phi) is 7.06. The molecule has 0 aliphatic rings. The van der Waals surface area contributed by atoms with E-state index in [4.69, 9.17) is 9.47 Å². The van der Waals surface area contributed by atoms with Crippen molar-refractivity contribution in [1.29, 1.82) is 0 Å². The molecule has 2 aromatic heterocycles. The van der Waals surface area contributed by atoms with Crippen LogP contribution < -0.4 is 15.6 Å². The van der Waals surface area contributed by atoms with Crippen LogP contribution in [0, 0.1) is 12.8 Å². The Morgan fingerprint density at radius 2 is 2.00 bits per heavy atom. The van der Waals surface area contributed by atoms with E-state index in [9.17, 15) is 14.4 Å². The third-order valence-corrected chi connectivity index (χ3v) is 5.93. The largest absolute Gasteiger partial charge is 0.495 e. The summed E-state index contributed by atoms with van der Waals surface area (Å²) >= 11 is 1.13. The average molecular weight is 444 g/mol. The molecule has 8 nitrogen and oxygen atoms in total. The zero-order valence-electron chi connectivity index (χ0n) is 17.9. The van der Waals surface area contributed by atoms with Crippen molar-refractivity contribution in [3.05, 3.63) is 51.4 Å². The van der Waals surface area contributed by atoms with Crippen molar-refractivity contribution in [2.24, 2.45) is 5.92 Å². The van der Waals surface area contributed by atoms with Crippen molar-refractivity contribution < 1.29 is 19.1 Å². The van der Waals surface area contributed by atoms with Gasteiger partial charge in [-0.15, -0.1) is 11.3 Å². The lowest BCUT2D eigenvalue weighted by Gasteiger charge is -2.09. The number of ether oxygens (including phenoxy) is 2. The van der Waals surface area contributed by atoms with Gasteiger partial charge in [0.15, 0.2) is 0 Å². The smallest absolute Gasteiger partial charge is 0.326 e. The van der Waals surface area contributed by atoms with E-state index in [-0.39, 0.29) is 18.0 Å². The Balaban J connectivity index is 1.83. The van der Waals surface area contributed by atoms with Gasteiger partial charge in [-0.2, -0.15) is 0 Å². The van der Waals surface area contributed by atoms with Crippen molar-refractivity contribution in [1.82, 2.24) is 9.55 Å². The number of aromatic nitrogens is 2. The second-order valence-corrected chi connectivity index (χ2v) is 8.47. The molecule has 31 heavy (non-hydrogen) atoms. The average Bonchev–Trinajstić information content (AvgIpc) is 3.07. The van der Waals surface area contributed by atoms with Gasteiger partial charge in [-0.3, -0.25) is 19.0 Å². The number of hydrogen-bond donors (Lipinski definition) is 1. The molecule has 0 bridgehead atoms. The van der Waals surface area contributed by atoms with Crippen LogP contribution in [-0.4, -0.2) is 35.1 Å². The molecule has 0 aliphatic carbocycles. The highest BCUT2D eigenvalue weighted by Gasteiger charge is 2.21. The van der Waals surface area contributed by atoms with Crippen LogP contribution in [0.5, 0.6) is 5.75 Å². The number of nitrogens with one attached hydrogen (secondary N) is 1. The molecule has 0 saturated carbocycles. The highest BCUT2D eigenvalue weighted by atomic mass is 32.1. The summed E-state index contributed by atoms with van der Waals surface area (Å²) in [6.45, 7) is 5.86. The molecule has 0 fully saturated rings. The second-order valence-electron chi connectivity index (χ2n) is 7.47. The fourth-order valence-electron chi connectivity index (χ4n) is 3.01. The summed E-state index contributed by atoms with van der Waals surface area (Å²) < 4.78 is 11.7. The summed E-state index contributed by atoms with van der Waals surface area (Å²) in [4.78, 5) is 42.9. The van der Waals surface area contributed by atoms with Crippen molar-refractivity contribution in [3.63, 3.8) is 0 Å². The van der Waals surface area contributed by atoms with Crippen molar-refractivity contribution in [2.45, 2.75) is 33.7 Å². The van der Waals surface area contributed by atoms with Gasteiger partial charge < -0.3 is 14.8 Å². The Morgan fingerprint density at radius 3 is 2.71 bits per heavy atom. The van der Waals surface area contributed by atoms with Crippen molar-refractivity contribution in [3.8, 4) is 5.75 Å². The van der Waals surface area contributed by atoms with Crippen LogP contribution in [0.1, 0.15) is 35.5 Å². The topological polar surface area (TPSA) is 99.5 Å². The van der Waals surface area contributed by atoms with E-state index < -0.39 is 5.97 Å².